The van der Waals surface area contributed by atoms with E-state index in [4.69, 9.17) is 21.3 Å². The second-order valence-corrected chi connectivity index (χ2v) is 15.9. The average molecular weight is 681 g/mol. The predicted octanol–water partition coefficient (Wildman–Crippen LogP) is 6.17. The van der Waals surface area contributed by atoms with Crippen LogP contribution in [0.25, 0.3) is 28.0 Å². The number of hydrogen-bond donors (Lipinski definition) is 0. The van der Waals surface area contributed by atoms with E-state index in [-0.39, 0.29) is 39.3 Å². The van der Waals surface area contributed by atoms with Gasteiger partial charge in [0, 0.05) is 43.2 Å². The van der Waals surface area contributed by atoms with Crippen molar-refractivity contribution in [1.82, 2.24) is 24.4 Å². The van der Waals surface area contributed by atoms with Gasteiger partial charge in [0.15, 0.2) is 15.5 Å². The number of amides is 1. The Morgan fingerprint density at radius 1 is 1.06 bits per heavy atom. The van der Waals surface area contributed by atoms with E-state index in [0.717, 1.165) is 11.8 Å². The molecule has 3 aromatic heterocycles. The number of carbonyl (C=O) groups is 1. The van der Waals surface area contributed by atoms with Gasteiger partial charge in [-0.2, -0.15) is 4.98 Å². The summed E-state index contributed by atoms with van der Waals surface area (Å²) in [4.78, 5) is 45.3. The number of halogens is 1. The van der Waals surface area contributed by atoms with Gasteiger partial charge < -0.3 is 14.5 Å². The van der Waals surface area contributed by atoms with E-state index in [2.05, 4.69) is 9.97 Å². The summed E-state index contributed by atoms with van der Waals surface area (Å²) < 4.78 is 32.7. The van der Waals surface area contributed by atoms with Crippen LogP contribution in [-0.4, -0.2) is 76.0 Å². The number of fused-ring (bicyclic) bond motifs is 1. The zero-order valence-electron chi connectivity index (χ0n) is 28.2. The van der Waals surface area contributed by atoms with Crippen LogP contribution in [0.4, 0.5) is 10.6 Å². The number of hydrogen-bond acceptors (Lipinski definition) is 9. The Morgan fingerprint density at radius 2 is 1.74 bits per heavy atom. The Labute approximate surface area is 280 Å². The lowest BCUT2D eigenvalue weighted by molar-refractivity contribution is 0.0130. The molecular formula is C34H41ClN6O5S. The molecule has 1 saturated heterocycles. The van der Waals surface area contributed by atoms with E-state index in [0.29, 0.717) is 41.2 Å². The number of piperazine rings is 1. The van der Waals surface area contributed by atoms with E-state index in [1.54, 1.807) is 35.4 Å². The van der Waals surface area contributed by atoms with Crippen molar-refractivity contribution in [1.29, 1.82) is 0 Å². The summed E-state index contributed by atoms with van der Waals surface area (Å²) in [6.45, 7) is 15.9. The maximum absolute atomic E-state index is 14.2. The van der Waals surface area contributed by atoms with Crippen LogP contribution in [0.2, 0.25) is 5.02 Å². The minimum absolute atomic E-state index is 0.0361. The van der Waals surface area contributed by atoms with E-state index in [9.17, 15) is 18.0 Å². The first-order chi connectivity index (χ1) is 21.9. The number of ether oxygens (including phenoxy) is 1. The molecule has 4 aromatic rings. The fourth-order valence-electron chi connectivity index (χ4n) is 5.98. The Balaban J connectivity index is 1.79. The van der Waals surface area contributed by atoms with Crippen LogP contribution < -0.4 is 10.6 Å². The molecule has 0 radical (unpaired) electrons. The number of benzene rings is 1. The van der Waals surface area contributed by atoms with Crippen LogP contribution in [0.15, 0.2) is 52.3 Å². The number of carbonyl (C=O) groups excluding carboxylic acids is 1. The smallest absolute Gasteiger partial charge is 0.410 e. The van der Waals surface area contributed by atoms with Gasteiger partial charge in [0.05, 0.1) is 32.4 Å². The van der Waals surface area contributed by atoms with Crippen LogP contribution in [0.3, 0.4) is 0 Å². The van der Waals surface area contributed by atoms with Gasteiger partial charge in [0.1, 0.15) is 11.4 Å². The summed E-state index contributed by atoms with van der Waals surface area (Å²) in [7, 11) is -3.65. The lowest BCUT2D eigenvalue weighted by Gasteiger charge is -2.44. The number of pyridine rings is 2. The molecule has 1 amide bonds. The SMILES string of the molecule is Cc1ccnc(C(C)C)c1-n1c(=O)nc(N2C[C@@H](C)N(C(=O)OC(C)(C)C)C[C@@H]2C)c2cc(Cl)c(-c3ccccc3S(C)(=O)=O)nc21. The van der Waals surface area contributed by atoms with Crippen LogP contribution in [0, 0.1) is 6.92 Å². The Kier molecular flexibility index (Phi) is 9.15. The fraction of sp³-hybridized carbons (Fsp3) is 0.441. The molecule has 11 nitrogen and oxygen atoms in total. The molecule has 2 atom stereocenters. The first-order valence-corrected chi connectivity index (χ1v) is 17.8. The topological polar surface area (TPSA) is 128 Å². The van der Waals surface area contributed by atoms with E-state index in [1.807, 2.05) is 66.4 Å². The highest BCUT2D eigenvalue weighted by Crippen LogP contribution is 2.38. The molecular weight excluding hydrogens is 640 g/mol. The minimum atomic E-state index is -3.65. The lowest BCUT2D eigenvalue weighted by atomic mass is 10.0. The summed E-state index contributed by atoms with van der Waals surface area (Å²) in [5.74, 6) is 0.334. The molecule has 1 aliphatic heterocycles. The highest BCUT2D eigenvalue weighted by molar-refractivity contribution is 7.90. The van der Waals surface area contributed by atoms with Crippen molar-refractivity contribution < 1.29 is 17.9 Å². The van der Waals surface area contributed by atoms with Crippen molar-refractivity contribution in [2.45, 2.75) is 83.9 Å². The third-order valence-electron chi connectivity index (χ3n) is 8.15. The third kappa shape index (κ3) is 6.71. The molecule has 0 spiro atoms. The van der Waals surface area contributed by atoms with Crippen LogP contribution in [0.1, 0.15) is 65.6 Å². The maximum atomic E-state index is 14.2. The molecule has 47 heavy (non-hydrogen) atoms. The van der Waals surface area contributed by atoms with Gasteiger partial charge in [0.25, 0.3) is 0 Å². The molecule has 0 N–H and O–H groups in total. The molecule has 4 heterocycles. The zero-order valence-corrected chi connectivity index (χ0v) is 29.8. The largest absolute Gasteiger partial charge is 0.444 e. The third-order valence-corrected chi connectivity index (χ3v) is 9.60. The average Bonchev–Trinajstić information content (AvgIpc) is 2.96. The molecule has 1 aromatic carbocycles. The minimum Gasteiger partial charge on any atom is -0.444 e. The summed E-state index contributed by atoms with van der Waals surface area (Å²) in [5.41, 5.74) is 1.62. The number of aromatic nitrogens is 4. The maximum Gasteiger partial charge on any atom is 0.410 e. The Hall–Kier alpha value is -4.03. The fourth-order valence-corrected chi connectivity index (χ4v) is 7.13. The molecule has 0 unspecified atom stereocenters. The predicted molar refractivity (Wildman–Crippen MR) is 185 cm³/mol. The molecule has 1 aliphatic rings. The van der Waals surface area contributed by atoms with E-state index >= 15 is 0 Å². The highest BCUT2D eigenvalue weighted by atomic mass is 35.5. The van der Waals surface area contributed by atoms with Crippen molar-refractivity contribution in [3.63, 3.8) is 0 Å². The number of nitrogens with zero attached hydrogens (tertiary/aromatic N) is 6. The normalized spacial score (nSPS) is 17.4. The van der Waals surface area contributed by atoms with Crippen LogP contribution in [0.5, 0.6) is 0 Å². The van der Waals surface area contributed by atoms with Gasteiger partial charge in [-0.05, 0) is 71.2 Å². The Morgan fingerprint density at radius 3 is 2.38 bits per heavy atom. The quantitative estimate of drug-likeness (QED) is 0.243. The van der Waals surface area contributed by atoms with Gasteiger partial charge in [-0.3, -0.25) is 4.98 Å². The molecule has 5 rings (SSSR count). The second kappa shape index (κ2) is 12.5. The zero-order chi connectivity index (χ0) is 34.6. The van der Waals surface area contributed by atoms with Crippen LogP contribution in [-0.2, 0) is 14.6 Å². The second-order valence-electron chi connectivity index (χ2n) is 13.5. The molecule has 0 aliphatic carbocycles. The molecule has 13 heteroatoms. The van der Waals surface area contributed by atoms with Gasteiger partial charge in [-0.15, -0.1) is 0 Å². The van der Waals surface area contributed by atoms with Gasteiger partial charge in [-0.1, -0.05) is 43.6 Å². The number of anilines is 1. The van der Waals surface area contributed by atoms with Crippen molar-refractivity contribution in [2.75, 3.05) is 24.2 Å². The van der Waals surface area contributed by atoms with Gasteiger partial charge in [-0.25, -0.2) is 27.6 Å². The summed E-state index contributed by atoms with van der Waals surface area (Å²) in [5, 5.41) is 0.694. The summed E-state index contributed by atoms with van der Waals surface area (Å²) >= 11 is 6.94. The van der Waals surface area contributed by atoms with Crippen molar-refractivity contribution in [2.24, 2.45) is 0 Å². The van der Waals surface area contributed by atoms with Crippen LogP contribution >= 0.6 is 11.6 Å². The molecule has 0 bridgehead atoms. The molecule has 250 valence electrons. The summed E-state index contributed by atoms with van der Waals surface area (Å²) in [6, 6.07) is 9.51. The monoisotopic (exact) mass is 680 g/mol. The standard InChI is InChI=1S/C34H41ClN6O5S/c1-19(2)27-29(20(3)14-15-36-27)41-31-24(16-25(35)28(37-31)23-12-10-11-13-26(23)47(9,44)45)30(38-32(41)42)39-17-22(5)40(18-21(39)4)33(43)46-34(6,7)8/h10-16,19,21-22H,17-18H2,1-9H3/t21-,22+/m0/s1. The number of aryl methyl sites for hydroxylation is 1. The molecule has 1 fully saturated rings. The molecule has 0 saturated carbocycles. The van der Waals surface area contributed by atoms with E-state index < -0.39 is 27.2 Å². The van der Waals surface area contributed by atoms with Gasteiger partial charge in [0.2, 0.25) is 0 Å². The Bertz CT molecular complexity index is 2040. The first kappa shape index (κ1) is 34.3. The van der Waals surface area contributed by atoms with Crippen molar-refractivity contribution in [3.05, 3.63) is 69.4 Å². The number of rotatable bonds is 5. The van der Waals surface area contributed by atoms with E-state index in [1.165, 1.54) is 10.6 Å². The first-order valence-electron chi connectivity index (χ1n) is 15.5. The lowest BCUT2D eigenvalue weighted by Crippen LogP contribution is -2.59. The van der Waals surface area contributed by atoms with Crippen molar-refractivity contribution in [3.8, 4) is 16.9 Å². The van der Waals surface area contributed by atoms with Crippen molar-refractivity contribution >= 4 is 44.4 Å². The van der Waals surface area contributed by atoms with Gasteiger partial charge >= 0.3 is 11.8 Å². The highest BCUT2D eigenvalue weighted by Gasteiger charge is 2.36. The number of sulfone groups is 1. The summed E-state index contributed by atoms with van der Waals surface area (Å²) in [6.07, 6.45) is 2.43.